The molecule has 110 valence electrons. The first-order valence-corrected chi connectivity index (χ1v) is 7.23. The predicted molar refractivity (Wildman–Crippen MR) is 77.7 cm³/mol. The van der Waals surface area contributed by atoms with Gasteiger partial charge >= 0.3 is 0 Å². The third kappa shape index (κ3) is 3.70. The van der Waals surface area contributed by atoms with E-state index >= 15 is 0 Å². The topological polar surface area (TPSA) is 65.5 Å². The van der Waals surface area contributed by atoms with Crippen LogP contribution in [-0.4, -0.2) is 46.6 Å². The molecule has 0 aliphatic carbocycles. The molecular formula is C15H23N3O2. The van der Waals surface area contributed by atoms with Gasteiger partial charge in [0.15, 0.2) is 0 Å². The van der Waals surface area contributed by atoms with Crippen LogP contribution >= 0.6 is 0 Å². The van der Waals surface area contributed by atoms with Crippen molar-refractivity contribution in [3.05, 3.63) is 24.0 Å². The summed E-state index contributed by atoms with van der Waals surface area (Å²) in [4.78, 5) is 18.1. The largest absolute Gasteiger partial charge is 0.505 e. The molecule has 20 heavy (non-hydrogen) atoms. The van der Waals surface area contributed by atoms with Gasteiger partial charge in [0.1, 0.15) is 5.75 Å². The number of carbonyl (C=O) groups is 1. The van der Waals surface area contributed by atoms with E-state index in [0.717, 1.165) is 32.5 Å². The molecule has 1 aliphatic heterocycles. The molecule has 1 aromatic heterocycles. The molecule has 0 bridgehead atoms. The fraction of sp³-hybridized carbons (Fsp3) is 0.600. The van der Waals surface area contributed by atoms with Crippen molar-refractivity contribution in [2.24, 2.45) is 5.92 Å². The Labute approximate surface area is 120 Å². The highest BCUT2D eigenvalue weighted by atomic mass is 16.3. The molecule has 1 atom stereocenters. The number of aromatic hydroxyl groups is 1. The second-order valence-corrected chi connectivity index (χ2v) is 5.72. The summed E-state index contributed by atoms with van der Waals surface area (Å²) in [6, 6.07) is 2.04. The summed E-state index contributed by atoms with van der Waals surface area (Å²) in [6.45, 7) is 6.70. The lowest BCUT2D eigenvalue weighted by atomic mass is 9.97. The number of nitrogens with one attached hydrogen (secondary N) is 1. The first kappa shape index (κ1) is 14.8. The molecule has 2 rings (SSSR count). The third-order valence-corrected chi connectivity index (χ3v) is 3.65. The van der Waals surface area contributed by atoms with Gasteiger partial charge in [-0.1, -0.05) is 13.8 Å². The lowest BCUT2D eigenvalue weighted by Crippen LogP contribution is -2.43. The van der Waals surface area contributed by atoms with Crippen LogP contribution in [0.4, 0.5) is 0 Å². The van der Waals surface area contributed by atoms with Crippen molar-refractivity contribution in [1.82, 2.24) is 15.2 Å². The van der Waals surface area contributed by atoms with E-state index in [0.29, 0.717) is 17.5 Å². The Bertz CT molecular complexity index is 462. The molecule has 1 aromatic rings. The van der Waals surface area contributed by atoms with Crippen LogP contribution in [0.3, 0.4) is 0 Å². The molecule has 0 spiro atoms. The molecule has 0 saturated carbocycles. The number of pyridine rings is 1. The molecule has 2 N–H and O–H groups in total. The number of amides is 1. The Morgan fingerprint density at radius 3 is 3.10 bits per heavy atom. The smallest absolute Gasteiger partial charge is 0.257 e. The van der Waals surface area contributed by atoms with Crippen LogP contribution < -0.4 is 5.32 Å². The summed E-state index contributed by atoms with van der Waals surface area (Å²) in [5.74, 6) is 0.346. The van der Waals surface area contributed by atoms with Crippen molar-refractivity contribution >= 4 is 5.91 Å². The van der Waals surface area contributed by atoms with Crippen molar-refractivity contribution in [3.63, 3.8) is 0 Å². The molecule has 5 nitrogen and oxygen atoms in total. The molecule has 0 aromatic carbocycles. The number of rotatable bonds is 4. The maximum atomic E-state index is 12.4. The SMILES string of the molecule is CC(C)NCC1CCCN(C(=O)c2ccncc2O)C1. The Balaban J connectivity index is 1.98. The number of piperidine rings is 1. The number of aromatic nitrogens is 1. The van der Waals surface area contributed by atoms with Gasteiger partial charge in [-0.2, -0.15) is 0 Å². The molecule has 2 heterocycles. The van der Waals surface area contributed by atoms with Crippen LogP contribution in [0.25, 0.3) is 0 Å². The van der Waals surface area contributed by atoms with E-state index in [9.17, 15) is 9.90 Å². The number of carbonyl (C=O) groups excluding carboxylic acids is 1. The minimum atomic E-state index is -0.0980. The van der Waals surface area contributed by atoms with Gasteiger partial charge in [-0.25, -0.2) is 0 Å². The summed E-state index contributed by atoms with van der Waals surface area (Å²) in [7, 11) is 0. The van der Waals surface area contributed by atoms with Crippen LogP contribution in [-0.2, 0) is 0 Å². The number of likely N-dealkylation sites (tertiary alicyclic amines) is 1. The lowest BCUT2D eigenvalue weighted by Gasteiger charge is -2.33. The highest BCUT2D eigenvalue weighted by Gasteiger charge is 2.25. The average molecular weight is 277 g/mol. The zero-order valence-electron chi connectivity index (χ0n) is 12.2. The van der Waals surface area contributed by atoms with Crippen molar-refractivity contribution in [3.8, 4) is 5.75 Å². The van der Waals surface area contributed by atoms with Gasteiger partial charge in [0.2, 0.25) is 0 Å². The summed E-state index contributed by atoms with van der Waals surface area (Å²) in [6.07, 6.45) is 5.01. The van der Waals surface area contributed by atoms with Gasteiger partial charge in [0.05, 0.1) is 11.8 Å². The highest BCUT2D eigenvalue weighted by molar-refractivity contribution is 5.96. The first-order chi connectivity index (χ1) is 9.58. The summed E-state index contributed by atoms with van der Waals surface area (Å²) >= 11 is 0. The molecular weight excluding hydrogens is 254 g/mol. The molecule has 1 fully saturated rings. The van der Waals surface area contributed by atoms with Crippen molar-refractivity contribution in [2.45, 2.75) is 32.7 Å². The monoisotopic (exact) mass is 277 g/mol. The first-order valence-electron chi connectivity index (χ1n) is 7.23. The minimum Gasteiger partial charge on any atom is -0.505 e. The fourth-order valence-electron chi connectivity index (χ4n) is 2.56. The Hall–Kier alpha value is -1.62. The maximum absolute atomic E-state index is 12.4. The summed E-state index contributed by atoms with van der Waals surface area (Å²) < 4.78 is 0. The summed E-state index contributed by atoms with van der Waals surface area (Å²) in [5, 5.41) is 13.2. The second-order valence-electron chi connectivity index (χ2n) is 5.72. The number of nitrogens with zero attached hydrogens (tertiary/aromatic N) is 2. The Morgan fingerprint density at radius 2 is 2.40 bits per heavy atom. The van der Waals surface area contributed by atoms with Crippen LogP contribution in [0, 0.1) is 5.92 Å². The normalized spacial score (nSPS) is 19.4. The van der Waals surface area contributed by atoms with E-state index in [4.69, 9.17) is 0 Å². The predicted octanol–water partition coefficient (Wildman–Crippen LogP) is 1.64. The van der Waals surface area contributed by atoms with E-state index in [1.807, 2.05) is 4.90 Å². The fourth-order valence-corrected chi connectivity index (χ4v) is 2.56. The molecule has 1 saturated heterocycles. The molecule has 0 radical (unpaired) electrons. The van der Waals surface area contributed by atoms with Gasteiger partial charge in [0, 0.05) is 25.3 Å². The lowest BCUT2D eigenvalue weighted by molar-refractivity contribution is 0.0669. The standard InChI is InChI=1S/C15H23N3O2/c1-11(2)17-8-12-4-3-7-18(10-12)15(20)13-5-6-16-9-14(13)19/h5-6,9,11-12,17,19H,3-4,7-8,10H2,1-2H3. The van der Waals surface area contributed by atoms with E-state index in [2.05, 4.69) is 24.1 Å². The molecule has 5 heteroatoms. The Kier molecular flexibility index (Phi) is 4.95. The molecule has 1 amide bonds. The van der Waals surface area contributed by atoms with E-state index < -0.39 is 0 Å². The molecule has 1 unspecified atom stereocenters. The van der Waals surface area contributed by atoms with Crippen molar-refractivity contribution in [1.29, 1.82) is 0 Å². The van der Waals surface area contributed by atoms with E-state index in [1.165, 1.54) is 12.4 Å². The van der Waals surface area contributed by atoms with E-state index in [-0.39, 0.29) is 11.7 Å². The van der Waals surface area contributed by atoms with Crippen molar-refractivity contribution in [2.75, 3.05) is 19.6 Å². The molecule has 1 aliphatic rings. The summed E-state index contributed by atoms with van der Waals surface area (Å²) in [5.41, 5.74) is 0.345. The zero-order chi connectivity index (χ0) is 14.5. The number of hydrogen-bond donors (Lipinski definition) is 2. The van der Waals surface area contributed by atoms with Crippen molar-refractivity contribution < 1.29 is 9.90 Å². The third-order valence-electron chi connectivity index (χ3n) is 3.65. The van der Waals surface area contributed by atoms with Gasteiger partial charge in [-0.15, -0.1) is 0 Å². The maximum Gasteiger partial charge on any atom is 0.257 e. The highest BCUT2D eigenvalue weighted by Crippen LogP contribution is 2.21. The van der Waals surface area contributed by atoms with Gasteiger partial charge in [-0.05, 0) is 31.4 Å². The average Bonchev–Trinajstić information content (AvgIpc) is 2.45. The second kappa shape index (κ2) is 6.70. The zero-order valence-corrected chi connectivity index (χ0v) is 12.2. The van der Waals surface area contributed by atoms with Gasteiger partial charge < -0.3 is 15.3 Å². The van der Waals surface area contributed by atoms with Crippen LogP contribution in [0.15, 0.2) is 18.5 Å². The Morgan fingerprint density at radius 1 is 1.60 bits per heavy atom. The number of hydrogen-bond acceptors (Lipinski definition) is 4. The van der Waals surface area contributed by atoms with Crippen LogP contribution in [0.2, 0.25) is 0 Å². The van der Waals surface area contributed by atoms with Crippen LogP contribution in [0.1, 0.15) is 37.0 Å². The van der Waals surface area contributed by atoms with Crippen LogP contribution in [0.5, 0.6) is 5.75 Å². The van der Waals surface area contributed by atoms with Gasteiger partial charge in [-0.3, -0.25) is 9.78 Å². The minimum absolute atomic E-state index is 0.0417. The quantitative estimate of drug-likeness (QED) is 0.878. The van der Waals surface area contributed by atoms with E-state index in [1.54, 1.807) is 6.07 Å². The van der Waals surface area contributed by atoms with Gasteiger partial charge in [0.25, 0.3) is 5.91 Å².